The van der Waals surface area contributed by atoms with Gasteiger partial charge in [0.2, 0.25) is 5.60 Å². The van der Waals surface area contributed by atoms with E-state index in [1.54, 1.807) is 11.8 Å². The van der Waals surface area contributed by atoms with Gasteiger partial charge in [-0.05, 0) is 19.1 Å². The van der Waals surface area contributed by atoms with Gasteiger partial charge < -0.3 is 20.3 Å². The van der Waals surface area contributed by atoms with Crippen LogP contribution in [0.3, 0.4) is 0 Å². The molecule has 0 fully saturated rings. The van der Waals surface area contributed by atoms with Crippen molar-refractivity contribution in [3.05, 3.63) is 48.5 Å². The number of rotatable bonds is 9. The number of thioether (sulfide) groups is 1. The zero-order valence-corrected chi connectivity index (χ0v) is 17.2. The topological polar surface area (TPSA) is 74.5 Å². The number of aromatic nitrogens is 2. The second-order valence-electron chi connectivity index (χ2n) is 6.32. The Hall–Kier alpha value is -2.20. The van der Waals surface area contributed by atoms with Crippen LogP contribution in [-0.2, 0) is 12.6 Å². The first-order chi connectivity index (χ1) is 13.8. The highest BCUT2D eigenvalue weighted by Crippen LogP contribution is 2.40. The van der Waals surface area contributed by atoms with E-state index in [0.29, 0.717) is 19.0 Å². The summed E-state index contributed by atoms with van der Waals surface area (Å²) in [5.74, 6) is 0.733. The molecule has 2 rings (SSSR count). The SMILES string of the molecule is CCNC(=NCCC(O)(c1nccn1C)C(F)(F)F)NCCSc1ccccc1. The Balaban J connectivity index is 1.94. The van der Waals surface area contributed by atoms with Crippen LogP contribution in [0.25, 0.3) is 0 Å². The van der Waals surface area contributed by atoms with Gasteiger partial charge in [-0.25, -0.2) is 4.98 Å². The number of imidazole rings is 1. The molecule has 6 nitrogen and oxygen atoms in total. The van der Waals surface area contributed by atoms with E-state index >= 15 is 0 Å². The van der Waals surface area contributed by atoms with Crippen LogP contribution >= 0.6 is 11.8 Å². The number of alkyl halides is 3. The average Bonchev–Trinajstić information content (AvgIpc) is 3.11. The van der Waals surface area contributed by atoms with Gasteiger partial charge in [-0.1, -0.05) is 18.2 Å². The molecule has 0 amide bonds. The van der Waals surface area contributed by atoms with Gasteiger partial charge in [0, 0.05) is 56.1 Å². The summed E-state index contributed by atoms with van der Waals surface area (Å²) in [4.78, 5) is 9.01. The summed E-state index contributed by atoms with van der Waals surface area (Å²) >= 11 is 1.67. The van der Waals surface area contributed by atoms with Crippen LogP contribution in [-0.4, -0.2) is 52.2 Å². The van der Waals surface area contributed by atoms with Gasteiger partial charge in [-0.15, -0.1) is 11.8 Å². The van der Waals surface area contributed by atoms with E-state index in [-0.39, 0.29) is 6.54 Å². The third kappa shape index (κ3) is 6.40. The molecule has 1 atom stereocenters. The highest BCUT2D eigenvalue weighted by atomic mass is 32.2. The minimum Gasteiger partial charge on any atom is -0.374 e. The Morgan fingerprint density at radius 2 is 1.97 bits per heavy atom. The minimum atomic E-state index is -4.86. The van der Waals surface area contributed by atoms with Gasteiger partial charge in [-0.3, -0.25) is 4.99 Å². The quantitative estimate of drug-likeness (QED) is 0.247. The zero-order valence-electron chi connectivity index (χ0n) is 16.4. The molecule has 3 N–H and O–H groups in total. The number of aliphatic hydroxyl groups is 1. The molecule has 1 heterocycles. The van der Waals surface area contributed by atoms with Crippen molar-refractivity contribution in [1.82, 2.24) is 20.2 Å². The summed E-state index contributed by atoms with van der Waals surface area (Å²) in [6.45, 7) is 2.81. The monoisotopic (exact) mass is 429 g/mol. The number of benzene rings is 1. The maximum Gasteiger partial charge on any atom is 0.424 e. The molecule has 0 spiro atoms. The van der Waals surface area contributed by atoms with Crippen molar-refractivity contribution >= 4 is 17.7 Å². The summed E-state index contributed by atoms with van der Waals surface area (Å²) in [6.07, 6.45) is -2.90. The summed E-state index contributed by atoms with van der Waals surface area (Å²) < 4.78 is 41.8. The molecule has 29 heavy (non-hydrogen) atoms. The standard InChI is InChI=1S/C19H26F3N5OS/c1-3-23-17(26-12-14-29-15-7-5-4-6-8-15)25-10-9-18(28,19(20,21)22)16-24-11-13-27(16)2/h4-8,11,13,28H,3,9-10,12,14H2,1-2H3,(H2,23,25,26). The molecule has 2 aromatic rings. The van der Waals surface area contributed by atoms with Gasteiger partial charge in [0.1, 0.15) is 5.82 Å². The van der Waals surface area contributed by atoms with E-state index in [9.17, 15) is 18.3 Å². The number of nitrogens with one attached hydrogen (secondary N) is 2. The smallest absolute Gasteiger partial charge is 0.374 e. The summed E-state index contributed by atoms with van der Waals surface area (Å²) in [6, 6.07) is 9.90. The van der Waals surface area contributed by atoms with E-state index in [0.717, 1.165) is 10.6 Å². The summed E-state index contributed by atoms with van der Waals surface area (Å²) in [7, 11) is 1.42. The van der Waals surface area contributed by atoms with Crippen LogP contribution in [0.5, 0.6) is 0 Å². The fraction of sp³-hybridized carbons (Fsp3) is 0.474. The fourth-order valence-corrected chi connectivity index (χ4v) is 3.46. The summed E-state index contributed by atoms with van der Waals surface area (Å²) in [5, 5.41) is 16.4. The fourth-order valence-electron chi connectivity index (χ4n) is 2.67. The average molecular weight is 430 g/mol. The Bertz CT molecular complexity index is 782. The lowest BCUT2D eigenvalue weighted by molar-refractivity contribution is -0.272. The number of halogens is 3. The number of nitrogens with zero attached hydrogens (tertiary/aromatic N) is 3. The molecule has 0 aliphatic heterocycles. The lowest BCUT2D eigenvalue weighted by atomic mass is 9.98. The molecule has 10 heteroatoms. The molecular formula is C19H26F3N5OS. The molecule has 0 bridgehead atoms. The third-order valence-electron chi connectivity index (χ3n) is 4.15. The molecular weight excluding hydrogens is 403 g/mol. The molecule has 0 saturated carbocycles. The highest BCUT2D eigenvalue weighted by Gasteiger charge is 2.57. The van der Waals surface area contributed by atoms with Crippen LogP contribution in [0.4, 0.5) is 13.2 Å². The van der Waals surface area contributed by atoms with Crippen LogP contribution < -0.4 is 10.6 Å². The first kappa shape index (κ1) is 23.1. The van der Waals surface area contributed by atoms with Crippen molar-refractivity contribution in [2.45, 2.75) is 30.0 Å². The molecule has 160 valence electrons. The van der Waals surface area contributed by atoms with E-state index in [4.69, 9.17) is 0 Å². The van der Waals surface area contributed by atoms with Crippen molar-refractivity contribution in [3.63, 3.8) is 0 Å². The van der Waals surface area contributed by atoms with Crippen molar-refractivity contribution in [3.8, 4) is 0 Å². The first-order valence-corrected chi connectivity index (χ1v) is 10.2. The largest absolute Gasteiger partial charge is 0.424 e. The van der Waals surface area contributed by atoms with E-state index in [2.05, 4.69) is 20.6 Å². The van der Waals surface area contributed by atoms with Gasteiger partial charge in [0.05, 0.1) is 0 Å². The van der Waals surface area contributed by atoms with E-state index in [1.165, 1.54) is 24.0 Å². The Morgan fingerprint density at radius 3 is 2.55 bits per heavy atom. The number of guanidine groups is 1. The Labute approximate surface area is 172 Å². The van der Waals surface area contributed by atoms with Crippen LogP contribution in [0.1, 0.15) is 19.2 Å². The molecule has 1 aromatic carbocycles. The van der Waals surface area contributed by atoms with Crippen molar-refractivity contribution in [2.75, 3.05) is 25.4 Å². The lowest BCUT2D eigenvalue weighted by Gasteiger charge is -2.29. The first-order valence-electron chi connectivity index (χ1n) is 9.25. The highest BCUT2D eigenvalue weighted by molar-refractivity contribution is 7.99. The normalized spacial score (nSPS) is 14.5. The van der Waals surface area contributed by atoms with Crippen molar-refractivity contribution in [2.24, 2.45) is 12.0 Å². The number of hydrogen-bond donors (Lipinski definition) is 3. The van der Waals surface area contributed by atoms with E-state index in [1.807, 2.05) is 37.3 Å². The van der Waals surface area contributed by atoms with Crippen LogP contribution in [0.15, 0.2) is 52.6 Å². The van der Waals surface area contributed by atoms with Crippen LogP contribution in [0, 0.1) is 0 Å². The van der Waals surface area contributed by atoms with Crippen molar-refractivity contribution in [1.29, 1.82) is 0 Å². The molecule has 1 aromatic heterocycles. The molecule has 0 aliphatic rings. The molecule has 0 aliphatic carbocycles. The number of aliphatic imine (C=N–C) groups is 1. The van der Waals surface area contributed by atoms with Gasteiger partial charge in [0.25, 0.3) is 0 Å². The van der Waals surface area contributed by atoms with Crippen LogP contribution in [0.2, 0.25) is 0 Å². The van der Waals surface area contributed by atoms with Crippen molar-refractivity contribution < 1.29 is 18.3 Å². The Kier molecular flexibility index (Phi) is 8.39. The minimum absolute atomic E-state index is 0.218. The predicted molar refractivity (Wildman–Crippen MR) is 109 cm³/mol. The zero-order chi connectivity index (χ0) is 21.3. The number of hydrogen-bond acceptors (Lipinski definition) is 4. The molecule has 1 unspecified atom stereocenters. The Morgan fingerprint density at radius 1 is 1.24 bits per heavy atom. The van der Waals surface area contributed by atoms with E-state index < -0.39 is 24.0 Å². The number of aryl methyl sites for hydroxylation is 1. The van der Waals surface area contributed by atoms with Gasteiger partial charge >= 0.3 is 6.18 Å². The van der Waals surface area contributed by atoms with Gasteiger partial charge in [0.15, 0.2) is 5.96 Å². The summed E-state index contributed by atoms with van der Waals surface area (Å²) in [5.41, 5.74) is -3.06. The maximum absolute atomic E-state index is 13.5. The maximum atomic E-state index is 13.5. The second kappa shape index (κ2) is 10.5. The lowest BCUT2D eigenvalue weighted by Crippen LogP contribution is -2.45. The third-order valence-corrected chi connectivity index (χ3v) is 5.17. The predicted octanol–water partition coefficient (Wildman–Crippen LogP) is 2.91. The van der Waals surface area contributed by atoms with Gasteiger partial charge in [-0.2, -0.15) is 13.2 Å². The molecule has 0 radical (unpaired) electrons. The second-order valence-corrected chi connectivity index (χ2v) is 7.49. The molecule has 0 saturated heterocycles.